The van der Waals surface area contributed by atoms with Crippen LogP contribution in [0.3, 0.4) is 0 Å². The van der Waals surface area contributed by atoms with Gasteiger partial charge in [0.2, 0.25) is 0 Å². The van der Waals surface area contributed by atoms with Gasteiger partial charge in [0.25, 0.3) is 5.91 Å². The first kappa shape index (κ1) is 14.9. The van der Waals surface area contributed by atoms with Gasteiger partial charge < -0.3 is 15.7 Å². The van der Waals surface area contributed by atoms with E-state index < -0.39 is 5.54 Å². The maximum absolute atomic E-state index is 11.4. The predicted molar refractivity (Wildman–Crippen MR) is 79.9 cm³/mol. The molecule has 0 bridgehead atoms. The number of hydrogen-bond acceptors (Lipinski definition) is 5. The summed E-state index contributed by atoms with van der Waals surface area (Å²) in [6, 6.07) is 12.8. The van der Waals surface area contributed by atoms with Crippen molar-refractivity contribution in [3.05, 3.63) is 53.7 Å². The number of carbonyl (C=O) groups is 1. The smallest absolute Gasteiger partial charge is 0.271 e. The second-order valence-electron chi connectivity index (χ2n) is 4.86. The number of aromatic nitrogens is 2. The lowest BCUT2D eigenvalue weighted by molar-refractivity contribution is 0.0957. The Morgan fingerprint density at radius 1 is 1.19 bits per heavy atom. The molecule has 1 aromatic carbocycles. The average molecular weight is 286 g/mol. The third-order valence-corrected chi connectivity index (χ3v) is 3.26. The van der Waals surface area contributed by atoms with Gasteiger partial charge >= 0.3 is 0 Å². The monoisotopic (exact) mass is 286 g/mol. The summed E-state index contributed by atoms with van der Waals surface area (Å²) in [5.41, 5.74) is 0.503. The van der Waals surface area contributed by atoms with Gasteiger partial charge in [-0.25, -0.2) is 0 Å². The van der Waals surface area contributed by atoms with Gasteiger partial charge in [0, 0.05) is 7.05 Å². The summed E-state index contributed by atoms with van der Waals surface area (Å²) in [5.74, 6) is 0.199. The molecule has 6 heteroatoms. The van der Waals surface area contributed by atoms with E-state index in [4.69, 9.17) is 0 Å². The van der Waals surface area contributed by atoms with Crippen molar-refractivity contribution < 1.29 is 9.90 Å². The van der Waals surface area contributed by atoms with Crippen LogP contribution in [-0.4, -0.2) is 34.9 Å². The first-order valence-electron chi connectivity index (χ1n) is 6.59. The Bertz CT molecular complexity index is 601. The van der Waals surface area contributed by atoms with E-state index in [1.165, 1.54) is 7.05 Å². The van der Waals surface area contributed by atoms with Gasteiger partial charge in [0.1, 0.15) is 5.82 Å². The van der Waals surface area contributed by atoms with E-state index in [0.29, 0.717) is 5.82 Å². The van der Waals surface area contributed by atoms with Crippen molar-refractivity contribution >= 4 is 11.7 Å². The van der Waals surface area contributed by atoms with Crippen molar-refractivity contribution in [3.63, 3.8) is 0 Å². The molecule has 21 heavy (non-hydrogen) atoms. The Hall–Kier alpha value is -2.47. The van der Waals surface area contributed by atoms with E-state index in [0.717, 1.165) is 5.56 Å². The molecular formula is C15H18N4O2. The minimum absolute atomic E-state index is 0.101. The number of aliphatic hydroxyl groups excluding tert-OH is 1. The van der Waals surface area contributed by atoms with Gasteiger partial charge in [-0.05, 0) is 24.6 Å². The topological polar surface area (TPSA) is 87.1 Å². The van der Waals surface area contributed by atoms with Crippen molar-refractivity contribution in [3.8, 4) is 0 Å². The molecule has 1 amide bonds. The molecule has 6 nitrogen and oxygen atoms in total. The highest BCUT2D eigenvalue weighted by atomic mass is 16.3. The summed E-state index contributed by atoms with van der Waals surface area (Å²) in [4.78, 5) is 11.4. The van der Waals surface area contributed by atoms with E-state index in [1.807, 2.05) is 37.3 Å². The lowest BCUT2D eigenvalue weighted by atomic mass is 9.93. The molecule has 110 valence electrons. The Labute approximate surface area is 123 Å². The van der Waals surface area contributed by atoms with Crippen LogP contribution in [0, 0.1) is 0 Å². The molecule has 1 atom stereocenters. The summed E-state index contributed by atoms with van der Waals surface area (Å²) >= 11 is 0. The molecule has 1 unspecified atom stereocenters. The van der Waals surface area contributed by atoms with Gasteiger partial charge in [0.15, 0.2) is 5.69 Å². The van der Waals surface area contributed by atoms with Gasteiger partial charge in [0.05, 0.1) is 12.1 Å². The van der Waals surface area contributed by atoms with Crippen LogP contribution in [0.2, 0.25) is 0 Å². The number of amides is 1. The number of carbonyl (C=O) groups excluding carboxylic acids is 1. The minimum atomic E-state index is -0.676. The highest BCUT2D eigenvalue weighted by Gasteiger charge is 2.26. The Morgan fingerprint density at radius 2 is 1.90 bits per heavy atom. The Balaban J connectivity index is 2.21. The maximum atomic E-state index is 11.4. The molecule has 0 saturated heterocycles. The van der Waals surface area contributed by atoms with Crippen LogP contribution in [0.25, 0.3) is 0 Å². The van der Waals surface area contributed by atoms with E-state index in [1.54, 1.807) is 12.1 Å². The van der Waals surface area contributed by atoms with Crippen LogP contribution < -0.4 is 10.6 Å². The number of aliphatic hydroxyl groups is 1. The Kier molecular flexibility index (Phi) is 4.49. The molecule has 0 aliphatic rings. The molecule has 0 radical (unpaired) electrons. The fourth-order valence-electron chi connectivity index (χ4n) is 1.94. The highest BCUT2D eigenvalue weighted by Crippen LogP contribution is 2.24. The van der Waals surface area contributed by atoms with Crippen LogP contribution in [0.5, 0.6) is 0 Å². The zero-order valence-electron chi connectivity index (χ0n) is 12.0. The van der Waals surface area contributed by atoms with Crippen LogP contribution in [0.1, 0.15) is 23.0 Å². The predicted octanol–water partition coefficient (Wildman–Crippen LogP) is 1.16. The van der Waals surface area contributed by atoms with Crippen molar-refractivity contribution in [1.82, 2.24) is 15.5 Å². The molecule has 0 spiro atoms. The number of benzene rings is 1. The summed E-state index contributed by atoms with van der Waals surface area (Å²) in [6.45, 7) is 1.77. The lowest BCUT2D eigenvalue weighted by Crippen LogP contribution is -2.36. The average Bonchev–Trinajstić information content (AvgIpc) is 2.55. The van der Waals surface area contributed by atoms with Crippen molar-refractivity contribution in [2.45, 2.75) is 12.5 Å². The van der Waals surface area contributed by atoms with Gasteiger partial charge in [-0.2, -0.15) is 0 Å². The zero-order valence-corrected chi connectivity index (χ0v) is 12.0. The number of nitrogens with zero attached hydrogens (tertiary/aromatic N) is 2. The molecule has 0 fully saturated rings. The van der Waals surface area contributed by atoms with Gasteiger partial charge in [-0.1, -0.05) is 30.3 Å². The third kappa shape index (κ3) is 3.35. The molecule has 2 rings (SSSR count). The highest BCUT2D eigenvalue weighted by molar-refractivity contribution is 5.91. The van der Waals surface area contributed by atoms with E-state index >= 15 is 0 Å². The first-order valence-corrected chi connectivity index (χ1v) is 6.59. The van der Waals surface area contributed by atoms with E-state index in [-0.39, 0.29) is 18.2 Å². The van der Waals surface area contributed by atoms with E-state index in [2.05, 4.69) is 20.8 Å². The van der Waals surface area contributed by atoms with Crippen LogP contribution in [-0.2, 0) is 5.54 Å². The fourth-order valence-corrected chi connectivity index (χ4v) is 1.94. The Morgan fingerprint density at radius 3 is 2.43 bits per heavy atom. The third-order valence-electron chi connectivity index (χ3n) is 3.26. The first-order chi connectivity index (χ1) is 10.1. The lowest BCUT2D eigenvalue weighted by Gasteiger charge is -2.29. The molecule has 0 saturated carbocycles. The van der Waals surface area contributed by atoms with Crippen molar-refractivity contribution in [2.24, 2.45) is 0 Å². The normalized spacial score (nSPS) is 13.3. The molecule has 1 aromatic heterocycles. The number of anilines is 1. The van der Waals surface area contributed by atoms with Gasteiger partial charge in [-0.15, -0.1) is 10.2 Å². The maximum Gasteiger partial charge on any atom is 0.271 e. The minimum Gasteiger partial charge on any atom is -0.394 e. The standard InChI is InChI=1S/C15H18N4O2/c1-15(10-20,11-6-4-3-5-7-11)17-13-9-8-12(18-19-13)14(21)16-2/h3-9,20H,10H2,1-2H3,(H,16,21)(H,17,19). The summed E-state index contributed by atoms with van der Waals surface area (Å²) in [7, 11) is 1.54. The largest absolute Gasteiger partial charge is 0.394 e. The van der Waals surface area contributed by atoms with Gasteiger partial charge in [-0.3, -0.25) is 4.79 Å². The number of nitrogens with one attached hydrogen (secondary N) is 2. The molecular weight excluding hydrogens is 268 g/mol. The zero-order chi connectivity index (χ0) is 15.3. The van der Waals surface area contributed by atoms with Crippen molar-refractivity contribution in [1.29, 1.82) is 0 Å². The van der Waals surface area contributed by atoms with Crippen LogP contribution in [0.15, 0.2) is 42.5 Å². The summed E-state index contributed by atoms with van der Waals surface area (Å²) in [5, 5.41) is 23.2. The SMILES string of the molecule is CNC(=O)c1ccc(NC(C)(CO)c2ccccc2)nn1. The second-order valence-corrected chi connectivity index (χ2v) is 4.86. The molecule has 3 N–H and O–H groups in total. The van der Waals surface area contributed by atoms with Crippen LogP contribution >= 0.6 is 0 Å². The fraction of sp³-hybridized carbons (Fsp3) is 0.267. The summed E-state index contributed by atoms with van der Waals surface area (Å²) in [6.07, 6.45) is 0. The number of hydrogen-bond donors (Lipinski definition) is 3. The number of rotatable bonds is 5. The molecule has 1 heterocycles. The molecule has 0 aliphatic carbocycles. The molecule has 2 aromatic rings. The van der Waals surface area contributed by atoms with E-state index in [9.17, 15) is 9.90 Å². The molecule has 0 aliphatic heterocycles. The van der Waals surface area contributed by atoms with Crippen molar-refractivity contribution in [2.75, 3.05) is 19.0 Å². The quantitative estimate of drug-likeness (QED) is 0.767. The summed E-state index contributed by atoms with van der Waals surface area (Å²) < 4.78 is 0. The second kappa shape index (κ2) is 6.32. The van der Waals surface area contributed by atoms with Crippen LogP contribution in [0.4, 0.5) is 5.82 Å².